The number of hydrogen-bond donors (Lipinski definition) is 1. The molecule has 0 saturated carbocycles. The Kier molecular flexibility index (Phi) is 1.83. The first-order valence-corrected chi connectivity index (χ1v) is 4.17. The first-order valence-electron chi connectivity index (χ1n) is 4.17. The summed E-state index contributed by atoms with van der Waals surface area (Å²) in [7, 11) is 0. The van der Waals surface area contributed by atoms with Crippen LogP contribution in [0.3, 0.4) is 0 Å². The second-order valence-corrected chi connectivity index (χ2v) is 3.49. The summed E-state index contributed by atoms with van der Waals surface area (Å²) in [5, 5.41) is 0. The molecule has 0 saturated heterocycles. The van der Waals surface area contributed by atoms with Crippen LogP contribution in [-0.4, -0.2) is 5.92 Å². The van der Waals surface area contributed by atoms with Crippen molar-refractivity contribution in [1.29, 1.82) is 0 Å². The molecule has 1 aromatic carbocycles. The molecular formula is C9H5F6N. The van der Waals surface area contributed by atoms with Crippen LogP contribution in [0.4, 0.5) is 32.0 Å². The first-order chi connectivity index (χ1) is 7.14. The van der Waals surface area contributed by atoms with Gasteiger partial charge in [-0.2, -0.15) is 26.3 Å². The maximum atomic E-state index is 13.2. The number of nitrogen functional groups attached to an aromatic ring is 1. The third kappa shape index (κ3) is 0.934. The number of hydrogen-bond acceptors (Lipinski definition) is 1. The molecule has 1 nitrogen and oxygen atoms in total. The molecule has 2 rings (SSSR count). The van der Waals surface area contributed by atoms with Crippen LogP contribution in [-0.2, 0) is 11.8 Å². The molecule has 0 unspecified atom stereocenters. The van der Waals surface area contributed by atoms with Crippen LogP contribution in [0.1, 0.15) is 11.1 Å². The van der Waals surface area contributed by atoms with E-state index in [0.717, 1.165) is 12.1 Å². The Bertz CT molecular complexity index is 453. The predicted molar refractivity (Wildman–Crippen MR) is 43.6 cm³/mol. The van der Waals surface area contributed by atoms with Gasteiger partial charge in [0.25, 0.3) is 0 Å². The van der Waals surface area contributed by atoms with Crippen molar-refractivity contribution in [2.75, 3.05) is 5.73 Å². The Balaban J connectivity index is 2.84. The molecule has 0 aliphatic heterocycles. The monoisotopic (exact) mass is 241 g/mol. The summed E-state index contributed by atoms with van der Waals surface area (Å²) in [6, 6.07) is 2.34. The van der Waals surface area contributed by atoms with E-state index in [1.807, 2.05) is 0 Å². The fourth-order valence-corrected chi connectivity index (χ4v) is 1.71. The van der Waals surface area contributed by atoms with E-state index in [-0.39, 0.29) is 0 Å². The highest BCUT2D eigenvalue weighted by Gasteiger charge is 2.79. The number of benzene rings is 1. The second-order valence-electron chi connectivity index (χ2n) is 3.49. The molecule has 0 aromatic heterocycles. The minimum absolute atomic E-state index is 0.528. The maximum absolute atomic E-state index is 13.2. The minimum Gasteiger partial charge on any atom is -0.398 e. The van der Waals surface area contributed by atoms with Crippen LogP contribution in [0.2, 0.25) is 0 Å². The fraction of sp³-hybridized carbons (Fsp3) is 0.333. The Morgan fingerprint density at radius 2 is 1.44 bits per heavy atom. The van der Waals surface area contributed by atoms with Gasteiger partial charge in [0, 0.05) is 11.3 Å². The summed E-state index contributed by atoms with van der Waals surface area (Å²) >= 11 is 0. The summed E-state index contributed by atoms with van der Waals surface area (Å²) < 4.78 is 78.4. The van der Waals surface area contributed by atoms with Crippen LogP contribution in [0.25, 0.3) is 0 Å². The van der Waals surface area contributed by atoms with Crippen molar-refractivity contribution in [2.24, 2.45) is 0 Å². The molecule has 0 amide bonds. The zero-order valence-electron chi connectivity index (χ0n) is 7.58. The van der Waals surface area contributed by atoms with E-state index in [9.17, 15) is 26.3 Å². The molecule has 0 fully saturated rings. The molecule has 1 aliphatic carbocycles. The van der Waals surface area contributed by atoms with Crippen LogP contribution < -0.4 is 5.73 Å². The number of anilines is 1. The third-order valence-electron chi connectivity index (χ3n) is 2.54. The topological polar surface area (TPSA) is 26.0 Å². The summed E-state index contributed by atoms with van der Waals surface area (Å²) in [6.07, 6.45) is 0. The van der Waals surface area contributed by atoms with Crippen LogP contribution >= 0.6 is 0 Å². The van der Waals surface area contributed by atoms with Crippen LogP contribution in [0.15, 0.2) is 18.2 Å². The Labute approximate surface area is 85.9 Å². The molecule has 0 spiro atoms. The highest BCUT2D eigenvalue weighted by Crippen LogP contribution is 2.63. The zero-order chi connectivity index (χ0) is 12.4. The summed E-state index contributed by atoms with van der Waals surface area (Å²) in [5.74, 6) is -15.3. The van der Waals surface area contributed by atoms with Crippen molar-refractivity contribution < 1.29 is 26.3 Å². The molecule has 88 valence electrons. The summed E-state index contributed by atoms with van der Waals surface area (Å²) in [6.45, 7) is 0. The van der Waals surface area contributed by atoms with Gasteiger partial charge < -0.3 is 5.73 Å². The number of fused-ring (bicyclic) bond motifs is 1. The van der Waals surface area contributed by atoms with E-state index in [1.54, 1.807) is 0 Å². The third-order valence-corrected chi connectivity index (χ3v) is 2.54. The van der Waals surface area contributed by atoms with Gasteiger partial charge in [0.1, 0.15) is 0 Å². The predicted octanol–water partition coefficient (Wildman–Crippen LogP) is 3.10. The normalized spacial score (nSPS) is 24.1. The summed E-state index contributed by atoms with van der Waals surface area (Å²) in [5.41, 5.74) is 1.38. The Morgan fingerprint density at radius 1 is 0.875 bits per heavy atom. The van der Waals surface area contributed by atoms with Gasteiger partial charge in [-0.05, 0) is 6.07 Å². The molecule has 0 bridgehead atoms. The Morgan fingerprint density at radius 3 is 1.94 bits per heavy atom. The lowest BCUT2D eigenvalue weighted by Gasteiger charge is -2.23. The Hall–Kier alpha value is -1.40. The van der Waals surface area contributed by atoms with E-state index in [0.29, 0.717) is 6.07 Å². The molecule has 0 atom stereocenters. The molecule has 1 aliphatic rings. The molecule has 16 heavy (non-hydrogen) atoms. The molecule has 7 heteroatoms. The number of nitrogens with two attached hydrogens (primary N) is 1. The van der Waals surface area contributed by atoms with E-state index < -0.39 is 34.6 Å². The van der Waals surface area contributed by atoms with E-state index in [4.69, 9.17) is 5.73 Å². The lowest BCUT2D eigenvalue weighted by Crippen LogP contribution is -2.43. The number of rotatable bonds is 0. The zero-order valence-corrected chi connectivity index (χ0v) is 7.58. The largest absolute Gasteiger partial charge is 0.398 e. The average molecular weight is 241 g/mol. The van der Waals surface area contributed by atoms with E-state index in [1.165, 1.54) is 0 Å². The van der Waals surface area contributed by atoms with Gasteiger partial charge in [-0.25, -0.2) is 0 Å². The van der Waals surface area contributed by atoms with Gasteiger partial charge in [0.15, 0.2) is 0 Å². The van der Waals surface area contributed by atoms with Crippen LogP contribution in [0.5, 0.6) is 0 Å². The second kappa shape index (κ2) is 2.64. The van der Waals surface area contributed by atoms with Crippen molar-refractivity contribution >= 4 is 5.69 Å². The van der Waals surface area contributed by atoms with Crippen molar-refractivity contribution in [3.63, 3.8) is 0 Å². The molecular weight excluding hydrogens is 236 g/mol. The number of halogens is 6. The summed E-state index contributed by atoms with van der Waals surface area (Å²) in [4.78, 5) is 0. The average Bonchev–Trinajstić information content (AvgIpc) is 2.25. The molecule has 0 heterocycles. The van der Waals surface area contributed by atoms with E-state index >= 15 is 0 Å². The van der Waals surface area contributed by atoms with Crippen molar-refractivity contribution in [1.82, 2.24) is 0 Å². The minimum atomic E-state index is -5.46. The molecule has 2 N–H and O–H groups in total. The molecule has 0 radical (unpaired) electrons. The van der Waals surface area contributed by atoms with E-state index in [2.05, 4.69) is 0 Å². The highest BCUT2D eigenvalue weighted by molar-refractivity contribution is 5.59. The van der Waals surface area contributed by atoms with Crippen LogP contribution in [0, 0.1) is 0 Å². The smallest absolute Gasteiger partial charge is 0.380 e. The van der Waals surface area contributed by atoms with Gasteiger partial charge in [0.2, 0.25) is 0 Å². The maximum Gasteiger partial charge on any atom is 0.380 e. The van der Waals surface area contributed by atoms with Gasteiger partial charge >= 0.3 is 17.8 Å². The van der Waals surface area contributed by atoms with Gasteiger partial charge in [-0.3, -0.25) is 0 Å². The first kappa shape index (κ1) is 11.1. The molecule has 1 aromatic rings. The SMILES string of the molecule is Nc1cccc2c1C(F)(F)C(F)(F)C2(F)F. The standard InChI is InChI=1S/C9H5F6N/c10-7(11)4-2-1-3-5(16)6(4)8(12,13)9(7,14)15/h1-3H,16H2. The van der Waals surface area contributed by atoms with Gasteiger partial charge in [0.05, 0.1) is 5.56 Å². The van der Waals surface area contributed by atoms with Crippen molar-refractivity contribution in [3.8, 4) is 0 Å². The van der Waals surface area contributed by atoms with Crippen molar-refractivity contribution in [3.05, 3.63) is 29.3 Å². The fourth-order valence-electron chi connectivity index (χ4n) is 1.71. The van der Waals surface area contributed by atoms with Gasteiger partial charge in [-0.1, -0.05) is 12.1 Å². The van der Waals surface area contributed by atoms with Crippen molar-refractivity contribution in [2.45, 2.75) is 17.8 Å². The highest BCUT2D eigenvalue weighted by atomic mass is 19.3. The lowest BCUT2D eigenvalue weighted by molar-refractivity contribution is -0.302. The quantitative estimate of drug-likeness (QED) is 0.548. The van der Waals surface area contributed by atoms with Gasteiger partial charge in [-0.15, -0.1) is 0 Å². The number of alkyl halides is 6. The lowest BCUT2D eigenvalue weighted by atomic mass is 10.1.